The van der Waals surface area contributed by atoms with Crippen molar-refractivity contribution in [3.8, 4) is 0 Å². The van der Waals surface area contributed by atoms with Crippen LogP contribution in [0.4, 0.5) is 5.69 Å². The fourth-order valence-corrected chi connectivity index (χ4v) is 3.00. The Hall–Kier alpha value is -1.06. The number of benzene rings is 1. The van der Waals surface area contributed by atoms with Crippen molar-refractivity contribution in [2.24, 2.45) is 5.92 Å². The minimum absolute atomic E-state index is 0.957. The van der Waals surface area contributed by atoms with Crippen LogP contribution in [-0.4, -0.2) is 44.7 Å². The molecule has 1 aromatic rings. The number of anilines is 1. The van der Waals surface area contributed by atoms with E-state index in [1.54, 1.807) is 0 Å². The SMILES string of the molecule is CNCc1ccccc1N1CCN(CC2CC2)CC1. The minimum Gasteiger partial charge on any atom is -0.369 e. The molecule has 19 heavy (non-hydrogen) atoms. The van der Waals surface area contributed by atoms with E-state index >= 15 is 0 Å². The van der Waals surface area contributed by atoms with E-state index in [0.29, 0.717) is 0 Å². The molecule has 0 spiro atoms. The fourth-order valence-electron chi connectivity index (χ4n) is 3.00. The summed E-state index contributed by atoms with van der Waals surface area (Å²) in [5.74, 6) is 1.02. The smallest absolute Gasteiger partial charge is 0.0412 e. The highest BCUT2D eigenvalue weighted by molar-refractivity contribution is 5.54. The van der Waals surface area contributed by atoms with Crippen LogP contribution in [0.15, 0.2) is 24.3 Å². The van der Waals surface area contributed by atoms with E-state index in [4.69, 9.17) is 0 Å². The summed E-state index contributed by atoms with van der Waals surface area (Å²) in [4.78, 5) is 5.20. The fraction of sp³-hybridized carbons (Fsp3) is 0.625. The summed E-state index contributed by atoms with van der Waals surface area (Å²) in [5, 5.41) is 3.27. The van der Waals surface area contributed by atoms with E-state index in [9.17, 15) is 0 Å². The predicted molar refractivity (Wildman–Crippen MR) is 80.6 cm³/mol. The maximum atomic E-state index is 3.27. The zero-order valence-corrected chi connectivity index (χ0v) is 11.9. The molecule has 1 saturated carbocycles. The van der Waals surface area contributed by atoms with E-state index in [1.165, 1.54) is 56.8 Å². The van der Waals surface area contributed by atoms with Crippen molar-refractivity contribution in [3.63, 3.8) is 0 Å². The first-order chi connectivity index (χ1) is 9.36. The maximum Gasteiger partial charge on any atom is 0.0412 e. The Bertz CT molecular complexity index is 406. The summed E-state index contributed by atoms with van der Waals surface area (Å²) in [6.45, 7) is 7.10. The quantitative estimate of drug-likeness (QED) is 0.872. The lowest BCUT2D eigenvalue weighted by Crippen LogP contribution is -2.47. The van der Waals surface area contributed by atoms with Crippen LogP contribution in [0.2, 0.25) is 0 Å². The second-order valence-electron chi connectivity index (χ2n) is 5.89. The maximum absolute atomic E-state index is 3.27. The molecule has 3 nitrogen and oxygen atoms in total. The van der Waals surface area contributed by atoms with Crippen LogP contribution in [0, 0.1) is 5.92 Å². The van der Waals surface area contributed by atoms with Gasteiger partial charge in [0.2, 0.25) is 0 Å². The molecule has 2 aliphatic rings. The van der Waals surface area contributed by atoms with E-state index < -0.39 is 0 Å². The third-order valence-electron chi connectivity index (χ3n) is 4.29. The zero-order valence-electron chi connectivity index (χ0n) is 11.9. The van der Waals surface area contributed by atoms with Gasteiger partial charge in [-0.15, -0.1) is 0 Å². The molecule has 1 aromatic carbocycles. The number of piperazine rings is 1. The summed E-state index contributed by atoms with van der Waals surface area (Å²) in [5.41, 5.74) is 2.84. The number of para-hydroxylation sites is 1. The Morgan fingerprint density at radius 3 is 2.53 bits per heavy atom. The lowest BCUT2D eigenvalue weighted by Gasteiger charge is -2.37. The summed E-state index contributed by atoms with van der Waals surface area (Å²) in [6, 6.07) is 8.80. The van der Waals surface area contributed by atoms with Gasteiger partial charge in [-0.1, -0.05) is 18.2 Å². The molecule has 1 heterocycles. The Balaban J connectivity index is 1.60. The average Bonchev–Trinajstić information content (AvgIpc) is 3.25. The molecule has 3 rings (SSSR count). The lowest BCUT2D eigenvalue weighted by atomic mass is 10.1. The zero-order chi connectivity index (χ0) is 13.1. The van der Waals surface area contributed by atoms with Gasteiger partial charge in [-0.25, -0.2) is 0 Å². The predicted octanol–water partition coefficient (Wildman–Crippen LogP) is 1.94. The van der Waals surface area contributed by atoms with Crippen LogP contribution in [0.3, 0.4) is 0 Å². The van der Waals surface area contributed by atoms with Crippen molar-refractivity contribution in [1.29, 1.82) is 0 Å². The Morgan fingerprint density at radius 2 is 1.84 bits per heavy atom. The normalized spacial score (nSPS) is 20.8. The van der Waals surface area contributed by atoms with Crippen molar-refractivity contribution in [3.05, 3.63) is 29.8 Å². The van der Waals surface area contributed by atoms with E-state index in [-0.39, 0.29) is 0 Å². The van der Waals surface area contributed by atoms with Crippen LogP contribution in [0.25, 0.3) is 0 Å². The molecule has 104 valence electrons. The van der Waals surface area contributed by atoms with Crippen LogP contribution in [0.1, 0.15) is 18.4 Å². The van der Waals surface area contributed by atoms with Crippen LogP contribution in [-0.2, 0) is 6.54 Å². The molecule has 0 radical (unpaired) electrons. The first-order valence-electron chi connectivity index (χ1n) is 7.56. The third-order valence-corrected chi connectivity index (χ3v) is 4.29. The lowest BCUT2D eigenvalue weighted by molar-refractivity contribution is 0.248. The summed E-state index contributed by atoms with van der Waals surface area (Å²) in [7, 11) is 2.02. The largest absolute Gasteiger partial charge is 0.369 e. The highest BCUT2D eigenvalue weighted by atomic mass is 15.3. The first-order valence-corrected chi connectivity index (χ1v) is 7.56. The van der Waals surface area contributed by atoms with Gasteiger partial charge >= 0.3 is 0 Å². The molecule has 0 unspecified atom stereocenters. The van der Waals surface area contributed by atoms with Gasteiger partial charge in [0.25, 0.3) is 0 Å². The first kappa shape index (κ1) is 12.9. The average molecular weight is 259 g/mol. The van der Waals surface area contributed by atoms with Crippen LogP contribution in [0.5, 0.6) is 0 Å². The van der Waals surface area contributed by atoms with Gasteiger partial charge in [-0.2, -0.15) is 0 Å². The Morgan fingerprint density at radius 1 is 1.11 bits per heavy atom. The van der Waals surface area contributed by atoms with Gasteiger partial charge in [0.15, 0.2) is 0 Å². The van der Waals surface area contributed by atoms with Gasteiger partial charge in [-0.05, 0) is 37.4 Å². The summed E-state index contributed by atoms with van der Waals surface area (Å²) in [6.07, 6.45) is 2.93. The number of nitrogens with one attached hydrogen (secondary N) is 1. The molecule has 1 aliphatic carbocycles. The van der Waals surface area contributed by atoms with Crippen molar-refractivity contribution in [2.45, 2.75) is 19.4 Å². The molecule has 0 aromatic heterocycles. The highest BCUT2D eigenvalue weighted by Gasteiger charge is 2.26. The van der Waals surface area contributed by atoms with Gasteiger partial charge in [0.05, 0.1) is 0 Å². The molecule has 0 atom stereocenters. The molecule has 2 fully saturated rings. The molecule has 1 aliphatic heterocycles. The standard InChI is InChI=1S/C16H25N3/c1-17-12-15-4-2-3-5-16(15)19-10-8-18(9-11-19)13-14-6-7-14/h2-5,14,17H,6-13H2,1H3. The molecular formula is C16H25N3. The number of rotatable bonds is 5. The van der Waals surface area contributed by atoms with Gasteiger partial charge < -0.3 is 10.2 Å². The van der Waals surface area contributed by atoms with Crippen molar-refractivity contribution < 1.29 is 0 Å². The number of nitrogens with zero attached hydrogens (tertiary/aromatic N) is 2. The third kappa shape index (κ3) is 3.28. The van der Waals surface area contributed by atoms with Gasteiger partial charge in [0, 0.05) is 45.0 Å². The molecular weight excluding hydrogens is 234 g/mol. The van der Waals surface area contributed by atoms with Gasteiger partial charge in [-0.3, -0.25) is 4.90 Å². The van der Waals surface area contributed by atoms with E-state index in [0.717, 1.165) is 12.5 Å². The topological polar surface area (TPSA) is 18.5 Å². The number of hydrogen-bond donors (Lipinski definition) is 1. The second kappa shape index (κ2) is 5.93. The highest BCUT2D eigenvalue weighted by Crippen LogP contribution is 2.30. The van der Waals surface area contributed by atoms with Crippen molar-refractivity contribution >= 4 is 5.69 Å². The Labute approximate surface area is 116 Å². The summed E-state index contributed by atoms with van der Waals surface area (Å²) >= 11 is 0. The molecule has 1 saturated heterocycles. The molecule has 1 N–H and O–H groups in total. The van der Waals surface area contributed by atoms with Crippen molar-refractivity contribution in [1.82, 2.24) is 10.2 Å². The van der Waals surface area contributed by atoms with Gasteiger partial charge in [0.1, 0.15) is 0 Å². The molecule has 3 heteroatoms. The molecule has 0 bridgehead atoms. The van der Waals surface area contributed by atoms with E-state index in [1.807, 2.05) is 7.05 Å². The number of hydrogen-bond acceptors (Lipinski definition) is 3. The van der Waals surface area contributed by atoms with E-state index in [2.05, 4.69) is 39.4 Å². The monoisotopic (exact) mass is 259 g/mol. The minimum atomic E-state index is 0.957. The second-order valence-corrected chi connectivity index (χ2v) is 5.89. The molecule has 0 amide bonds. The van der Waals surface area contributed by atoms with Crippen molar-refractivity contribution in [2.75, 3.05) is 44.7 Å². The van der Waals surface area contributed by atoms with Crippen LogP contribution >= 0.6 is 0 Å². The summed E-state index contributed by atoms with van der Waals surface area (Å²) < 4.78 is 0. The Kier molecular flexibility index (Phi) is 4.04. The van der Waals surface area contributed by atoms with Crippen LogP contribution < -0.4 is 10.2 Å².